The number of benzene rings is 1. The van der Waals surface area contributed by atoms with Crippen LogP contribution < -0.4 is 15.2 Å². The molecule has 0 unspecified atom stereocenters. The van der Waals surface area contributed by atoms with Gasteiger partial charge in [0.1, 0.15) is 6.61 Å². The second-order valence-corrected chi connectivity index (χ2v) is 3.81. The predicted octanol–water partition coefficient (Wildman–Crippen LogP) is 1.60. The highest BCUT2D eigenvalue weighted by molar-refractivity contribution is 5.97. The number of nitrogens with zero attached hydrogens (tertiary/aromatic N) is 1. The minimum Gasteiger partial charge on any atom is -0.493 e. The SMILES string of the molecule is CCCOCCOc1ccc(/C(N)=N/O)cc1OC. The summed E-state index contributed by atoms with van der Waals surface area (Å²) in [6, 6.07) is 5.06. The fourth-order valence-electron chi connectivity index (χ4n) is 1.46. The summed E-state index contributed by atoms with van der Waals surface area (Å²) >= 11 is 0. The summed E-state index contributed by atoms with van der Waals surface area (Å²) in [7, 11) is 1.53. The van der Waals surface area contributed by atoms with Crippen molar-refractivity contribution in [2.24, 2.45) is 10.9 Å². The summed E-state index contributed by atoms with van der Waals surface area (Å²) in [5.41, 5.74) is 6.07. The van der Waals surface area contributed by atoms with Gasteiger partial charge in [-0.05, 0) is 24.6 Å². The van der Waals surface area contributed by atoms with Crippen molar-refractivity contribution in [1.82, 2.24) is 0 Å². The van der Waals surface area contributed by atoms with Crippen molar-refractivity contribution in [3.8, 4) is 11.5 Å². The third-order valence-electron chi connectivity index (χ3n) is 2.40. The topological polar surface area (TPSA) is 86.3 Å². The van der Waals surface area contributed by atoms with Crippen LogP contribution in [0.15, 0.2) is 23.4 Å². The second-order valence-electron chi connectivity index (χ2n) is 3.81. The average Bonchev–Trinajstić information content (AvgIpc) is 2.46. The second kappa shape index (κ2) is 8.20. The highest BCUT2D eigenvalue weighted by Crippen LogP contribution is 2.27. The fraction of sp³-hybridized carbons (Fsp3) is 0.462. The van der Waals surface area contributed by atoms with Crippen molar-refractivity contribution in [1.29, 1.82) is 0 Å². The molecule has 0 radical (unpaired) electrons. The van der Waals surface area contributed by atoms with Gasteiger partial charge >= 0.3 is 0 Å². The summed E-state index contributed by atoms with van der Waals surface area (Å²) in [6.45, 7) is 3.75. The Balaban J connectivity index is 2.63. The Morgan fingerprint density at radius 3 is 2.68 bits per heavy atom. The number of oxime groups is 1. The van der Waals surface area contributed by atoms with Crippen molar-refractivity contribution < 1.29 is 19.4 Å². The molecule has 0 atom stereocenters. The lowest BCUT2D eigenvalue weighted by atomic mass is 10.2. The van der Waals surface area contributed by atoms with E-state index in [1.807, 2.05) is 0 Å². The summed E-state index contributed by atoms with van der Waals surface area (Å²) in [4.78, 5) is 0. The summed E-state index contributed by atoms with van der Waals surface area (Å²) in [5, 5.41) is 11.6. The summed E-state index contributed by atoms with van der Waals surface area (Å²) in [6.07, 6.45) is 0.984. The van der Waals surface area contributed by atoms with Crippen LogP contribution >= 0.6 is 0 Å². The third-order valence-corrected chi connectivity index (χ3v) is 2.40. The zero-order valence-corrected chi connectivity index (χ0v) is 11.3. The van der Waals surface area contributed by atoms with Gasteiger partial charge in [-0.2, -0.15) is 0 Å². The van der Waals surface area contributed by atoms with Crippen LogP contribution in [0.1, 0.15) is 18.9 Å². The molecule has 1 aromatic rings. The predicted molar refractivity (Wildman–Crippen MR) is 72.1 cm³/mol. The molecule has 6 nitrogen and oxygen atoms in total. The van der Waals surface area contributed by atoms with Crippen molar-refractivity contribution in [2.75, 3.05) is 26.9 Å². The normalized spacial score (nSPS) is 11.4. The van der Waals surface area contributed by atoms with Gasteiger partial charge < -0.3 is 25.2 Å². The number of amidine groups is 1. The number of rotatable bonds is 8. The van der Waals surface area contributed by atoms with Gasteiger partial charge in [0.2, 0.25) is 0 Å². The van der Waals surface area contributed by atoms with Crippen molar-refractivity contribution >= 4 is 5.84 Å². The van der Waals surface area contributed by atoms with Crippen LogP contribution in [-0.2, 0) is 4.74 Å². The van der Waals surface area contributed by atoms with Crippen LogP contribution in [0.25, 0.3) is 0 Å². The first kappa shape index (κ1) is 15.1. The standard InChI is InChI=1S/C13H20N2O4/c1-3-6-18-7-8-19-11-5-4-10(13(14)15-16)9-12(11)17-2/h4-5,9,16H,3,6-8H2,1-2H3,(H2,14,15). The van der Waals surface area contributed by atoms with Gasteiger partial charge in [0.05, 0.1) is 13.7 Å². The van der Waals surface area contributed by atoms with Crippen LogP contribution in [0.4, 0.5) is 0 Å². The smallest absolute Gasteiger partial charge is 0.170 e. The molecule has 1 rings (SSSR count). The van der Waals surface area contributed by atoms with E-state index in [0.29, 0.717) is 30.3 Å². The molecule has 1 aromatic carbocycles. The maximum atomic E-state index is 8.62. The van der Waals surface area contributed by atoms with E-state index in [1.54, 1.807) is 18.2 Å². The molecule has 6 heteroatoms. The highest BCUT2D eigenvalue weighted by atomic mass is 16.5. The van der Waals surface area contributed by atoms with E-state index in [4.69, 9.17) is 25.2 Å². The number of hydrogen-bond acceptors (Lipinski definition) is 5. The van der Waals surface area contributed by atoms with E-state index in [2.05, 4.69) is 12.1 Å². The van der Waals surface area contributed by atoms with E-state index < -0.39 is 0 Å². The molecule has 0 aliphatic heterocycles. The molecule has 0 aliphatic rings. The van der Waals surface area contributed by atoms with Gasteiger partial charge in [-0.1, -0.05) is 12.1 Å². The molecule has 0 fully saturated rings. The first-order valence-corrected chi connectivity index (χ1v) is 6.09. The van der Waals surface area contributed by atoms with Crippen molar-refractivity contribution in [2.45, 2.75) is 13.3 Å². The Labute approximate surface area is 112 Å². The lowest BCUT2D eigenvalue weighted by Gasteiger charge is -2.12. The first-order valence-electron chi connectivity index (χ1n) is 6.09. The minimum atomic E-state index is 0.0242. The molecule has 3 N–H and O–H groups in total. The van der Waals surface area contributed by atoms with E-state index in [0.717, 1.165) is 13.0 Å². The summed E-state index contributed by atoms with van der Waals surface area (Å²) < 4.78 is 16.1. The van der Waals surface area contributed by atoms with E-state index in [-0.39, 0.29) is 5.84 Å². The van der Waals surface area contributed by atoms with E-state index in [9.17, 15) is 0 Å². The number of nitrogens with two attached hydrogens (primary N) is 1. The average molecular weight is 268 g/mol. The molecular formula is C13H20N2O4. The lowest BCUT2D eigenvalue weighted by molar-refractivity contribution is 0.0995. The lowest BCUT2D eigenvalue weighted by Crippen LogP contribution is -2.13. The van der Waals surface area contributed by atoms with Gasteiger partial charge in [-0.25, -0.2) is 0 Å². The van der Waals surface area contributed by atoms with Crippen LogP contribution in [0, 0.1) is 0 Å². The molecule has 0 spiro atoms. The molecule has 19 heavy (non-hydrogen) atoms. The molecule has 0 amide bonds. The number of methoxy groups -OCH3 is 1. The minimum absolute atomic E-state index is 0.0242. The van der Waals surface area contributed by atoms with Gasteiger partial charge in [-0.15, -0.1) is 0 Å². The Morgan fingerprint density at radius 2 is 2.05 bits per heavy atom. The number of hydrogen-bond donors (Lipinski definition) is 2. The van der Waals surface area contributed by atoms with Crippen LogP contribution in [0.2, 0.25) is 0 Å². The van der Waals surface area contributed by atoms with Gasteiger partial charge in [0.15, 0.2) is 17.3 Å². The largest absolute Gasteiger partial charge is 0.493 e. The van der Waals surface area contributed by atoms with Gasteiger partial charge in [0, 0.05) is 12.2 Å². The maximum Gasteiger partial charge on any atom is 0.170 e. The first-order chi connectivity index (χ1) is 9.22. The van der Waals surface area contributed by atoms with Crippen molar-refractivity contribution in [3.05, 3.63) is 23.8 Å². The zero-order chi connectivity index (χ0) is 14.1. The van der Waals surface area contributed by atoms with Gasteiger partial charge in [0.25, 0.3) is 0 Å². The molecular weight excluding hydrogens is 248 g/mol. The molecule has 106 valence electrons. The van der Waals surface area contributed by atoms with E-state index >= 15 is 0 Å². The Morgan fingerprint density at radius 1 is 1.26 bits per heavy atom. The Kier molecular flexibility index (Phi) is 6.52. The summed E-state index contributed by atoms with van der Waals surface area (Å²) in [5.74, 6) is 1.15. The van der Waals surface area contributed by atoms with Gasteiger partial charge in [-0.3, -0.25) is 0 Å². The molecule has 0 saturated carbocycles. The monoisotopic (exact) mass is 268 g/mol. The molecule has 0 heterocycles. The van der Waals surface area contributed by atoms with Crippen molar-refractivity contribution in [3.63, 3.8) is 0 Å². The maximum absolute atomic E-state index is 8.62. The quantitative estimate of drug-likeness (QED) is 0.246. The van der Waals surface area contributed by atoms with Crippen LogP contribution in [-0.4, -0.2) is 38.0 Å². The van der Waals surface area contributed by atoms with Crippen LogP contribution in [0.3, 0.4) is 0 Å². The Bertz CT molecular complexity index is 421. The molecule has 0 aromatic heterocycles. The molecule has 0 aliphatic carbocycles. The zero-order valence-electron chi connectivity index (χ0n) is 11.3. The Hall–Kier alpha value is -1.95. The fourth-order valence-corrected chi connectivity index (χ4v) is 1.46. The van der Waals surface area contributed by atoms with Crippen LogP contribution in [0.5, 0.6) is 11.5 Å². The van der Waals surface area contributed by atoms with E-state index in [1.165, 1.54) is 7.11 Å². The third kappa shape index (κ3) is 4.67. The molecule has 0 bridgehead atoms. The molecule has 0 saturated heterocycles. The highest BCUT2D eigenvalue weighted by Gasteiger charge is 2.08. The number of ether oxygens (including phenoxy) is 3.